The van der Waals surface area contributed by atoms with E-state index in [9.17, 15) is 4.79 Å². The van der Waals surface area contributed by atoms with Crippen molar-refractivity contribution in [3.63, 3.8) is 0 Å². The molecule has 0 saturated carbocycles. The molecular formula is C19H23N5OS. The minimum Gasteiger partial charge on any atom is -0.325 e. The van der Waals surface area contributed by atoms with E-state index in [-0.39, 0.29) is 11.7 Å². The number of nitrogens with one attached hydrogen (secondary N) is 1. The largest absolute Gasteiger partial charge is 0.325 e. The van der Waals surface area contributed by atoms with Crippen LogP contribution < -0.4 is 5.32 Å². The van der Waals surface area contributed by atoms with E-state index in [2.05, 4.69) is 40.4 Å². The number of benzene rings is 1. The Bertz CT molecular complexity index is 937. The topological polar surface area (TPSA) is 72.2 Å². The maximum absolute atomic E-state index is 12.4. The highest BCUT2D eigenvalue weighted by Gasteiger charge is 2.14. The van der Waals surface area contributed by atoms with Gasteiger partial charge in [0.25, 0.3) is 5.78 Å². The molecule has 1 N–H and O–H groups in total. The van der Waals surface area contributed by atoms with Gasteiger partial charge < -0.3 is 5.32 Å². The van der Waals surface area contributed by atoms with Crippen molar-refractivity contribution >= 4 is 29.1 Å². The smallest absolute Gasteiger partial charge is 0.256 e. The average molecular weight is 369 g/mol. The van der Waals surface area contributed by atoms with Crippen LogP contribution in [0.5, 0.6) is 0 Å². The molecule has 2 heterocycles. The molecule has 0 spiro atoms. The lowest BCUT2D eigenvalue weighted by molar-refractivity contribution is -0.113. The van der Waals surface area contributed by atoms with Crippen molar-refractivity contribution in [1.82, 2.24) is 19.6 Å². The highest BCUT2D eigenvalue weighted by atomic mass is 32.2. The lowest BCUT2D eigenvalue weighted by Crippen LogP contribution is -2.16. The number of carbonyl (C=O) groups excluding carboxylic acids is 1. The number of hydrogen-bond acceptors (Lipinski definition) is 5. The first-order valence-electron chi connectivity index (χ1n) is 8.70. The second-order valence-electron chi connectivity index (χ2n) is 6.39. The van der Waals surface area contributed by atoms with Gasteiger partial charge in [0.2, 0.25) is 5.91 Å². The molecule has 26 heavy (non-hydrogen) atoms. The first kappa shape index (κ1) is 18.4. The SMILES string of the molecule is CC[C@H](C)c1ccccc1NC(=O)CSc1nnc2nc(C)cc(C)n12. The zero-order valence-corrected chi connectivity index (χ0v) is 16.3. The van der Waals surface area contributed by atoms with Gasteiger partial charge in [-0.1, -0.05) is 43.8 Å². The minimum absolute atomic E-state index is 0.0553. The monoisotopic (exact) mass is 369 g/mol. The standard InChI is InChI=1S/C19H23N5OS/c1-5-12(2)15-8-6-7-9-16(15)21-17(25)11-26-19-23-22-18-20-13(3)10-14(4)24(18)19/h6-10,12H,5,11H2,1-4H3,(H,21,25)/t12-/m0/s1. The number of hydrogen-bond donors (Lipinski definition) is 1. The van der Waals surface area contributed by atoms with Gasteiger partial charge in [-0.05, 0) is 43.9 Å². The Morgan fingerprint density at radius 3 is 2.81 bits per heavy atom. The Morgan fingerprint density at radius 2 is 2.04 bits per heavy atom. The number of aryl methyl sites for hydroxylation is 2. The Hall–Kier alpha value is -2.41. The molecule has 0 radical (unpaired) electrons. The summed E-state index contributed by atoms with van der Waals surface area (Å²) in [5.74, 6) is 1.17. The third-order valence-electron chi connectivity index (χ3n) is 4.37. The molecule has 3 rings (SSSR count). The quantitative estimate of drug-likeness (QED) is 0.665. The average Bonchev–Trinajstić information content (AvgIpc) is 3.03. The van der Waals surface area contributed by atoms with Gasteiger partial charge >= 0.3 is 0 Å². The third-order valence-corrected chi connectivity index (χ3v) is 5.30. The predicted molar refractivity (Wildman–Crippen MR) is 105 cm³/mol. The number of amides is 1. The zero-order chi connectivity index (χ0) is 18.7. The molecule has 1 amide bonds. The fraction of sp³-hybridized carbons (Fsp3) is 0.368. The van der Waals surface area contributed by atoms with E-state index >= 15 is 0 Å². The Balaban J connectivity index is 1.71. The molecule has 0 unspecified atom stereocenters. The summed E-state index contributed by atoms with van der Waals surface area (Å²) in [6, 6.07) is 9.95. The predicted octanol–water partition coefficient (Wildman–Crippen LogP) is 3.99. The van der Waals surface area contributed by atoms with E-state index in [1.807, 2.05) is 42.5 Å². The molecule has 0 aliphatic rings. The normalized spacial score (nSPS) is 12.3. The van der Waals surface area contributed by atoms with Gasteiger partial charge in [0, 0.05) is 17.1 Å². The van der Waals surface area contributed by atoms with Crippen LogP contribution in [0.2, 0.25) is 0 Å². The molecule has 7 heteroatoms. The Morgan fingerprint density at radius 1 is 1.27 bits per heavy atom. The number of rotatable bonds is 6. The highest BCUT2D eigenvalue weighted by molar-refractivity contribution is 7.99. The summed E-state index contributed by atoms with van der Waals surface area (Å²) in [7, 11) is 0. The molecule has 136 valence electrons. The van der Waals surface area contributed by atoms with E-state index in [0.29, 0.717) is 16.9 Å². The van der Waals surface area contributed by atoms with Crippen LogP contribution in [0, 0.1) is 13.8 Å². The van der Waals surface area contributed by atoms with E-state index in [4.69, 9.17) is 0 Å². The van der Waals surface area contributed by atoms with Crippen LogP contribution >= 0.6 is 11.8 Å². The minimum atomic E-state index is -0.0553. The van der Waals surface area contributed by atoms with Crippen molar-refractivity contribution in [2.24, 2.45) is 0 Å². The van der Waals surface area contributed by atoms with Crippen LogP contribution in [0.3, 0.4) is 0 Å². The maximum Gasteiger partial charge on any atom is 0.256 e. The number of nitrogens with zero attached hydrogens (tertiary/aromatic N) is 4. The summed E-state index contributed by atoms with van der Waals surface area (Å²) in [5, 5.41) is 12.0. The van der Waals surface area contributed by atoms with Crippen molar-refractivity contribution < 1.29 is 4.79 Å². The molecule has 1 aromatic carbocycles. The molecule has 1 atom stereocenters. The van der Waals surface area contributed by atoms with Gasteiger partial charge in [0.1, 0.15) is 0 Å². The van der Waals surface area contributed by atoms with Gasteiger partial charge in [-0.2, -0.15) is 0 Å². The van der Waals surface area contributed by atoms with Crippen molar-refractivity contribution in [1.29, 1.82) is 0 Å². The molecule has 0 fully saturated rings. The van der Waals surface area contributed by atoms with Crippen LogP contribution in [-0.2, 0) is 4.79 Å². The number of thioether (sulfide) groups is 1. The molecule has 0 aliphatic heterocycles. The van der Waals surface area contributed by atoms with Crippen LogP contribution in [0.15, 0.2) is 35.5 Å². The molecule has 3 aromatic rings. The number of para-hydroxylation sites is 1. The summed E-state index contributed by atoms with van der Waals surface area (Å²) in [4.78, 5) is 16.8. The lowest BCUT2D eigenvalue weighted by Gasteiger charge is -2.15. The van der Waals surface area contributed by atoms with Gasteiger partial charge in [-0.15, -0.1) is 10.2 Å². The van der Waals surface area contributed by atoms with Crippen LogP contribution in [0.25, 0.3) is 5.78 Å². The number of anilines is 1. The third kappa shape index (κ3) is 3.88. The summed E-state index contributed by atoms with van der Waals surface area (Å²) in [6.07, 6.45) is 1.03. The van der Waals surface area contributed by atoms with Crippen molar-refractivity contribution in [3.8, 4) is 0 Å². The van der Waals surface area contributed by atoms with Gasteiger partial charge in [-0.25, -0.2) is 4.98 Å². The van der Waals surface area contributed by atoms with Gasteiger partial charge in [0.15, 0.2) is 5.16 Å². The molecule has 0 bridgehead atoms. The Kier molecular flexibility index (Phi) is 5.56. The van der Waals surface area contributed by atoms with Gasteiger partial charge in [-0.3, -0.25) is 9.20 Å². The first-order valence-corrected chi connectivity index (χ1v) is 9.69. The van der Waals surface area contributed by atoms with E-state index in [0.717, 1.165) is 29.1 Å². The van der Waals surface area contributed by atoms with Crippen LogP contribution in [-0.4, -0.2) is 31.2 Å². The number of carbonyl (C=O) groups is 1. The molecule has 0 aliphatic carbocycles. The summed E-state index contributed by atoms with van der Waals surface area (Å²) >= 11 is 1.36. The number of fused-ring (bicyclic) bond motifs is 1. The fourth-order valence-electron chi connectivity index (χ4n) is 2.87. The van der Waals surface area contributed by atoms with E-state index in [1.165, 1.54) is 11.8 Å². The van der Waals surface area contributed by atoms with Gasteiger partial charge in [0.05, 0.1) is 5.75 Å². The highest BCUT2D eigenvalue weighted by Crippen LogP contribution is 2.27. The second-order valence-corrected chi connectivity index (χ2v) is 7.33. The van der Waals surface area contributed by atoms with E-state index in [1.54, 1.807) is 0 Å². The fourth-order valence-corrected chi connectivity index (χ4v) is 3.66. The van der Waals surface area contributed by atoms with Crippen LogP contribution in [0.1, 0.15) is 43.1 Å². The van der Waals surface area contributed by atoms with Crippen LogP contribution in [0.4, 0.5) is 5.69 Å². The number of aromatic nitrogens is 4. The summed E-state index contributed by atoms with van der Waals surface area (Å²) < 4.78 is 1.87. The zero-order valence-electron chi connectivity index (χ0n) is 15.5. The van der Waals surface area contributed by atoms with Crippen molar-refractivity contribution in [2.45, 2.75) is 45.2 Å². The molecular weight excluding hydrogens is 346 g/mol. The molecule has 6 nitrogen and oxygen atoms in total. The second kappa shape index (κ2) is 7.86. The lowest BCUT2D eigenvalue weighted by atomic mass is 9.97. The van der Waals surface area contributed by atoms with Crippen molar-refractivity contribution in [3.05, 3.63) is 47.3 Å². The summed E-state index contributed by atoms with van der Waals surface area (Å²) in [6.45, 7) is 8.22. The van der Waals surface area contributed by atoms with Crippen molar-refractivity contribution in [2.75, 3.05) is 11.1 Å². The summed E-state index contributed by atoms with van der Waals surface area (Å²) in [5.41, 5.74) is 3.95. The first-order chi connectivity index (χ1) is 12.5. The Labute approximate surface area is 157 Å². The van der Waals surface area contributed by atoms with E-state index < -0.39 is 0 Å². The molecule has 0 saturated heterocycles. The molecule has 2 aromatic heterocycles. The maximum atomic E-state index is 12.4.